The molecule has 0 fully saturated rings. The van der Waals surface area contributed by atoms with Crippen molar-refractivity contribution in [1.82, 2.24) is 5.16 Å². The van der Waals surface area contributed by atoms with Crippen molar-refractivity contribution >= 4 is 0 Å². The van der Waals surface area contributed by atoms with Gasteiger partial charge in [0.1, 0.15) is 12.0 Å². The van der Waals surface area contributed by atoms with Crippen LogP contribution in [0.5, 0.6) is 0 Å². The highest BCUT2D eigenvalue weighted by Gasteiger charge is 2.40. The molecule has 1 aliphatic carbocycles. The first-order chi connectivity index (χ1) is 5.12. The minimum atomic E-state index is -0.512. The second kappa shape index (κ2) is 1.84. The van der Waals surface area contributed by atoms with Gasteiger partial charge in [0, 0.05) is 11.6 Å². The van der Waals surface area contributed by atoms with Crippen molar-refractivity contribution in [2.45, 2.75) is 24.9 Å². The van der Waals surface area contributed by atoms with Crippen LogP contribution in [0, 0.1) is 0 Å². The van der Waals surface area contributed by atoms with Gasteiger partial charge in [-0.2, -0.15) is 0 Å². The van der Waals surface area contributed by atoms with Gasteiger partial charge in [-0.15, -0.1) is 0 Å². The fourth-order valence-electron chi connectivity index (χ4n) is 1.47. The van der Waals surface area contributed by atoms with Crippen LogP contribution in [-0.2, 0) is 12.0 Å². The average Bonchev–Trinajstić information content (AvgIpc) is 2.41. The molecule has 11 heavy (non-hydrogen) atoms. The van der Waals surface area contributed by atoms with E-state index >= 15 is 0 Å². The molecule has 0 saturated carbocycles. The molecule has 0 amide bonds. The van der Waals surface area contributed by atoms with E-state index in [1.54, 1.807) is 6.26 Å². The molecule has 1 heterocycles. The molecule has 0 aromatic carbocycles. The third-order valence-corrected chi connectivity index (χ3v) is 2.36. The second-order valence-corrected chi connectivity index (χ2v) is 3.28. The van der Waals surface area contributed by atoms with Crippen molar-refractivity contribution in [2.24, 2.45) is 11.5 Å². The molecule has 0 saturated heterocycles. The summed E-state index contributed by atoms with van der Waals surface area (Å²) in [6.07, 6.45) is 2.39. The van der Waals surface area contributed by atoms with Crippen molar-refractivity contribution < 1.29 is 4.52 Å². The molecule has 1 aromatic rings. The van der Waals surface area contributed by atoms with Crippen molar-refractivity contribution in [1.29, 1.82) is 0 Å². The van der Waals surface area contributed by atoms with Crippen LogP contribution in [0.25, 0.3) is 0 Å². The lowest BCUT2D eigenvalue weighted by Crippen LogP contribution is -2.47. The normalized spacial score (nSPS) is 35.7. The van der Waals surface area contributed by atoms with Crippen molar-refractivity contribution in [3.05, 3.63) is 17.5 Å². The van der Waals surface area contributed by atoms with E-state index in [0.717, 1.165) is 17.7 Å². The van der Waals surface area contributed by atoms with Crippen LogP contribution >= 0.6 is 0 Å². The van der Waals surface area contributed by atoms with Gasteiger partial charge < -0.3 is 16.0 Å². The molecule has 2 rings (SSSR count). The second-order valence-electron chi connectivity index (χ2n) is 3.28. The molecule has 1 aliphatic rings. The van der Waals surface area contributed by atoms with Crippen LogP contribution in [0.1, 0.15) is 18.2 Å². The highest BCUT2D eigenvalue weighted by molar-refractivity contribution is 5.32. The molecule has 4 N–H and O–H groups in total. The zero-order chi connectivity index (χ0) is 8.06. The van der Waals surface area contributed by atoms with E-state index in [9.17, 15) is 0 Å². The number of aromatic nitrogens is 1. The molecule has 0 radical (unpaired) electrons. The summed E-state index contributed by atoms with van der Waals surface area (Å²) in [6, 6.07) is -0.0311. The number of hydrogen-bond acceptors (Lipinski definition) is 4. The molecule has 0 bridgehead atoms. The van der Waals surface area contributed by atoms with E-state index in [1.165, 1.54) is 0 Å². The number of nitrogens with two attached hydrogens (primary N) is 2. The number of rotatable bonds is 0. The third kappa shape index (κ3) is 0.735. The van der Waals surface area contributed by atoms with Crippen molar-refractivity contribution in [3.63, 3.8) is 0 Å². The summed E-state index contributed by atoms with van der Waals surface area (Å²) in [7, 11) is 0. The van der Waals surface area contributed by atoms with Crippen molar-refractivity contribution in [3.8, 4) is 0 Å². The summed E-state index contributed by atoms with van der Waals surface area (Å²) >= 11 is 0. The SMILES string of the molecule is CC1(N)c2nocc2C[C@H]1N. The molecular weight excluding hydrogens is 142 g/mol. The predicted octanol–water partition coefficient (Wildman–Crippen LogP) is -0.268. The van der Waals surface area contributed by atoms with E-state index in [2.05, 4.69) is 5.16 Å². The highest BCUT2D eigenvalue weighted by atomic mass is 16.5. The van der Waals surface area contributed by atoms with Gasteiger partial charge in [-0.25, -0.2) is 0 Å². The van der Waals surface area contributed by atoms with Gasteiger partial charge in [0.2, 0.25) is 0 Å². The Morgan fingerprint density at radius 2 is 2.55 bits per heavy atom. The van der Waals surface area contributed by atoms with Gasteiger partial charge in [-0.05, 0) is 13.3 Å². The highest BCUT2D eigenvalue weighted by Crippen LogP contribution is 2.31. The Balaban J connectivity index is 2.52. The lowest BCUT2D eigenvalue weighted by molar-refractivity contribution is 0.347. The zero-order valence-electron chi connectivity index (χ0n) is 6.37. The van der Waals surface area contributed by atoms with Crippen LogP contribution in [0.2, 0.25) is 0 Å². The monoisotopic (exact) mass is 153 g/mol. The maximum atomic E-state index is 5.93. The molecule has 4 heteroatoms. The Morgan fingerprint density at radius 3 is 3.18 bits per heavy atom. The number of hydrogen-bond donors (Lipinski definition) is 2. The Kier molecular flexibility index (Phi) is 1.14. The number of nitrogens with zero attached hydrogens (tertiary/aromatic N) is 1. The molecule has 1 aromatic heterocycles. The molecular formula is C7H11N3O. The first-order valence-electron chi connectivity index (χ1n) is 3.60. The van der Waals surface area contributed by atoms with Gasteiger partial charge >= 0.3 is 0 Å². The Bertz CT molecular complexity index is 279. The maximum absolute atomic E-state index is 5.93. The van der Waals surface area contributed by atoms with E-state index in [1.807, 2.05) is 6.92 Å². The molecule has 0 aliphatic heterocycles. The van der Waals surface area contributed by atoms with E-state index in [4.69, 9.17) is 16.0 Å². The summed E-state index contributed by atoms with van der Waals surface area (Å²) < 4.78 is 4.79. The molecule has 0 spiro atoms. The molecule has 2 atom stereocenters. The topological polar surface area (TPSA) is 78.1 Å². The van der Waals surface area contributed by atoms with Crippen LogP contribution in [0.3, 0.4) is 0 Å². The first-order valence-corrected chi connectivity index (χ1v) is 3.60. The molecule has 60 valence electrons. The Hall–Kier alpha value is -0.870. The minimum absolute atomic E-state index is 0.0311. The zero-order valence-corrected chi connectivity index (χ0v) is 6.37. The van der Waals surface area contributed by atoms with Gasteiger partial charge in [0.15, 0.2) is 0 Å². The van der Waals surface area contributed by atoms with E-state index < -0.39 is 5.54 Å². The molecule has 4 nitrogen and oxygen atoms in total. The Labute approximate surface area is 64.5 Å². The number of fused-ring (bicyclic) bond motifs is 1. The minimum Gasteiger partial charge on any atom is -0.364 e. The van der Waals surface area contributed by atoms with Gasteiger partial charge in [0.05, 0.1) is 5.54 Å². The summed E-state index contributed by atoms with van der Waals surface area (Å²) in [5.41, 5.74) is 13.1. The van der Waals surface area contributed by atoms with E-state index in [0.29, 0.717) is 0 Å². The lowest BCUT2D eigenvalue weighted by atomic mass is 9.97. The summed E-state index contributed by atoms with van der Waals surface area (Å²) in [5, 5.41) is 3.82. The van der Waals surface area contributed by atoms with Gasteiger partial charge in [-0.3, -0.25) is 0 Å². The van der Waals surface area contributed by atoms with Gasteiger partial charge in [-0.1, -0.05) is 5.16 Å². The first kappa shape index (κ1) is 6.82. The largest absolute Gasteiger partial charge is 0.364 e. The predicted molar refractivity (Wildman–Crippen MR) is 39.7 cm³/mol. The summed E-state index contributed by atoms with van der Waals surface area (Å²) in [5.74, 6) is 0. The van der Waals surface area contributed by atoms with Crippen LogP contribution in [0.4, 0.5) is 0 Å². The van der Waals surface area contributed by atoms with Crippen LogP contribution < -0.4 is 11.5 Å². The maximum Gasteiger partial charge on any atom is 0.127 e. The van der Waals surface area contributed by atoms with E-state index in [-0.39, 0.29) is 6.04 Å². The standard InChI is InChI=1S/C7H11N3O/c1-7(9)5(8)2-4-3-11-10-6(4)7/h3,5H,2,8-9H2,1H3/t5-,7?/m1/s1. The van der Waals surface area contributed by atoms with Crippen molar-refractivity contribution in [2.75, 3.05) is 0 Å². The van der Waals surface area contributed by atoms with Crippen LogP contribution in [-0.4, -0.2) is 11.2 Å². The van der Waals surface area contributed by atoms with Crippen LogP contribution in [0.15, 0.2) is 10.8 Å². The fourth-order valence-corrected chi connectivity index (χ4v) is 1.47. The lowest BCUT2D eigenvalue weighted by Gasteiger charge is -2.22. The summed E-state index contributed by atoms with van der Waals surface area (Å²) in [4.78, 5) is 0. The molecule has 1 unspecified atom stereocenters. The quantitative estimate of drug-likeness (QED) is 0.538. The summed E-state index contributed by atoms with van der Waals surface area (Å²) in [6.45, 7) is 1.88. The fraction of sp³-hybridized carbons (Fsp3) is 0.571. The average molecular weight is 153 g/mol. The third-order valence-electron chi connectivity index (χ3n) is 2.36. The van der Waals surface area contributed by atoms with Gasteiger partial charge in [0.25, 0.3) is 0 Å². The Morgan fingerprint density at radius 1 is 1.82 bits per heavy atom. The smallest absolute Gasteiger partial charge is 0.127 e.